The average Bonchev–Trinajstić information content (AvgIpc) is 3.22. The number of nitrogens with one attached hydrogen (secondary N) is 1. The number of fused-ring (bicyclic) bond motifs is 1. The Morgan fingerprint density at radius 3 is 3.04 bits per heavy atom. The predicted octanol–water partition coefficient (Wildman–Crippen LogP) is 1.74. The standard InChI is InChI=1S/C16H18N6O/c1-11-2-4-12(5-3-11)16-20-14(21-23-16)8-17-13-6-7-15-18-10-19-22(15)9-13/h2-5,10,13,17H,6-9H2,1H3/t13-/m1/s1. The Morgan fingerprint density at radius 2 is 2.17 bits per heavy atom. The fourth-order valence-electron chi connectivity index (χ4n) is 2.78. The quantitative estimate of drug-likeness (QED) is 0.790. The summed E-state index contributed by atoms with van der Waals surface area (Å²) in [4.78, 5) is 8.69. The summed E-state index contributed by atoms with van der Waals surface area (Å²) in [6.45, 7) is 3.47. The van der Waals surface area contributed by atoms with Gasteiger partial charge in [-0.25, -0.2) is 9.67 Å². The van der Waals surface area contributed by atoms with Gasteiger partial charge in [0, 0.05) is 18.0 Å². The average molecular weight is 310 g/mol. The maximum Gasteiger partial charge on any atom is 0.257 e. The molecule has 0 fully saturated rings. The van der Waals surface area contributed by atoms with E-state index < -0.39 is 0 Å². The zero-order chi connectivity index (χ0) is 15.6. The smallest absolute Gasteiger partial charge is 0.257 e. The molecule has 0 aliphatic carbocycles. The van der Waals surface area contributed by atoms with E-state index in [1.54, 1.807) is 6.33 Å². The molecule has 118 valence electrons. The van der Waals surface area contributed by atoms with Crippen molar-refractivity contribution in [3.05, 3.63) is 47.8 Å². The molecule has 3 aromatic rings. The van der Waals surface area contributed by atoms with Gasteiger partial charge in [0.25, 0.3) is 5.89 Å². The maximum absolute atomic E-state index is 5.35. The van der Waals surface area contributed by atoms with Gasteiger partial charge in [-0.3, -0.25) is 0 Å². The molecule has 1 aliphatic heterocycles. The van der Waals surface area contributed by atoms with Crippen molar-refractivity contribution in [1.82, 2.24) is 30.2 Å². The number of aryl methyl sites for hydroxylation is 2. The summed E-state index contributed by atoms with van der Waals surface area (Å²) in [5.41, 5.74) is 2.15. The van der Waals surface area contributed by atoms with Crippen molar-refractivity contribution in [2.45, 2.75) is 38.9 Å². The minimum atomic E-state index is 0.352. The molecule has 0 saturated heterocycles. The Labute approximate surface area is 133 Å². The third-order valence-corrected chi connectivity index (χ3v) is 4.12. The molecule has 1 aliphatic rings. The second-order valence-electron chi connectivity index (χ2n) is 5.86. The molecule has 23 heavy (non-hydrogen) atoms. The van der Waals surface area contributed by atoms with Crippen LogP contribution in [-0.4, -0.2) is 30.9 Å². The zero-order valence-electron chi connectivity index (χ0n) is 12.9. The first-order valence-electron chi connectivity index (χ1n) is 7.77. The van der Waals surface area contributed by atoms with Crippen molar-refractivity contribution in [1.29, 1.82) is 0 Å². The van der Waals surface area contributed by atoms with Gasteiger partial charge in [-0.05, 0) is 25.5 Å². The first kappa shape index (κ1) is 14.1. The first-order valence-corrected chi connectivity index (χ1v) is 7.77. The van der Waals surface area contributed by atoms with Crippen LogP contribution in [0.25, 0.3) is 11.5 Å². The first-order chi connectivity index (χ1) is 11.3. The Bertz CT molecular complexity index is 791. The minimum absolute atomic E-state index is 0.352. The summed E-state index contributed by atoms with van der Waals surface area (Å²) >= 11 is 0. The van der Waals surface area contributed by atoms with Crippen LogP contribution in [0.4, 0.5) is 0 Å². The molecule has 1 N–H and O–H groups in total. The van der Waals surface area contributed by atoms with Gasteiger partial charge in [0.1, 0.15) is 12.2 Å². The normalized spacial score (nSPS) is 17.2. The third-order valence-electron chi connectivity index (χ3n) is 4.12. The molecule has 7 nitrogen and oxygen atoms in total. The number of benzene rings is 1. The van der Waals surface area contributed by atoms with E-state index in [0.717, 1.165) is 30.8 Å². The summed E-state index contributed by atoms with van der Waals surface area (Å²) in [5.74, 6) is 2.29. The van der Waals surface area contributed by atoms with Crippen molar-refractivity contribution >= 4 is 0 Å². The summed E-state index contributed by atoms with van der Waals surface area (Å²) in [7, 11) is 0. The third kappa shape index (κ3) is 3.00. The fourth-order valence-corrected chi connectivity index (χ4v) is 2.78. The second kappa shape index (κ2) is 5.92. The molecule has 0 spiro atoms. The predicted molar refractivity (Wildman–Crippen MR) is 83.4 cm³/mol. The highest BCUT2D eigenvalue weighted by Gasteiger charge is 2.20. The van der Waals surface area contributed by atoms with Gasteiger partial charge in [-0.1, -0.05) is 22.9 Å². The Kier molecular flexibility index (Phi) is 3.63. The van der Waals surface area contributed by atoms with Crippen molar-refractivity contribution < 1.29 is 4.52 Å². The van der Waals surface area contributed by atoms with Crippen LogP contribution >= 0.6 is 0 Å². The molecule has 1 atom stereocenters. The van der Waals surface area contributed by atoms with Crippen LogP contribution in [0, 0.1) is 6.92 Å². The van der Waals surface area contributed by atoms with Crippen LogP contribution in [0.5, 0.6) is 0 Å². The Hall–Kier alpha value is -2.54. The second-order valence-corrected chi connectivity index (χ2v) is 5.86. The largest absolute Gasteiger partial charge is 0.334 e. The van der Waals surface area contributed by atoms with E-state index in [9.17, 15) is 0 Å². The van der Waals surface area contributed by atoms with Crippen LogP contribution in [0.3, 0.4) is 0 Å². The van der Waals surface area contributed by atoms with Crippen molar-refractivity contribution in [3.8, 4) is 11.5 Å². The molecule has 7 heteroatoms. The van der Waals surface area contributed by atoms with E-state index in [1.165, 1.54) is 5.56 Å². The number of rotatable bonds is 4. The number of hydrogen-bond acceptors (Lipinski definition) is 6. The maximum atomic E-state index is 5.35. The number of hydrogen-bond donors (Lipinski definition) is 1. The highest BCUT2D eigenvalue weighted by Crippen LogP contribution is 2.18. The molecule has 1 aromatic carbocycles. The van der Waals surface area contributed by atoms with Crippen LogP contribution in [0.15, 0.2) is 35.1 Å². The van der Waals surface area contributed by atoms with Crippen molar-refractivity contribution in [2.75, 3.05) is 0 Å². The van der Waals surface area contributed by atoms with Gasteiger partial charge >= 0.3 is 0 Å². The van der Waals surface area contributed by atoms with Crippen LogP contribution in [0.1, 0.15) is 23.6 Å². The lowest BCUT2D eigenvalue weighted by Crippen LogP contribution is -2.37. The van der Waals surface area contributed by atoms with Gasteiger partial charge in [-0.15, -0.1) is 0 Å². The van der Waals surface area contributed by atoms with Gasteiger partial charge in [0.2, 0.25) is 0 Å². The highest BCUT2D eigenvalue weighted by atomic mass is 16.5. The molecule has 3 heterocycles. The van der Waals surface area contributed by atoms with Crippen LogP contribution < -0.4 is 5.32 Å². The van der Waals surface area contributed by atoms with E-state index >= 15 is 0 Å². The monoisotopic (exact) mass is 310 g/mol. The zero-order valence-corrected chi connectivity index (χ0v) is 12.9. The summed E-state index contributed by atoms with van der Waals surface area (Å²) < 4.78 is 7.30. The van der Waals surface area contributed by atoms with Crippen molar-refractivity contribution in [2.24, 2.45) is 0 Å². The molecule has 0 amide bonds. The summed E-state index contributed by atoms with van der Waals surface area (Å²) in [6.07, 6.45) is 3.60. The molecular formula is C16H18N6O. The topological polar surface area (TPSA) is 81.7 Å². The lowest BCUT2D eigenvalue weighted by molar-refractivity contribution is 0.350. The van der Waals surface area contributed by atoms with Gasteiger partial charge in [0.05, 0.1) is 13.1 Å². The lowest BCUT2D eigenvalue weighted by Gasteiger charge is -2.22. The Balaban J connectivity index is 1.38. The lowest BCUT2D eigenvalue weighted by atomic mass is 10.1. The number of nitrogens with zero attached hydrogens (tertiary/aromatic N) is 5. The molecule has 2 aromatic heterocycles. The SMILES string of the molecule is Cc1ccc(-c2nc(CN[C@@H]3CCc4ncnn4C3)no2)cc1. The fraction of sp³-hybridized carbons (Fsp3) is 0.375. The Morgan fingerprint density at radius 1 is 1.30 bits per heavy atom. The molecule has 4 rings (SSSR count). The van der Waals surface area contributed by atoms with E-state index in [4.69, 9.17) is 4.52 Å². The summed E-state index contributed by atoms with van der Waals surface area (Å²) in [5, 5.41) is 11.7. The highest BCUT2D eigenvalue weighted by molar-refractivity contribution is 5.53. The summed E-state index contributed by atoms with van der Waals surface area (Å²) in [6, 6.07) is 8.41. The van der Waals surface area contributed by atoms with E-state index in [0.29, 0.717) is 24.3 Å². The molecular weight excluding hydrogens is 292 g/mol. The van der Waals surface area contributed by atoms with Gasteiger partial charge in [0.15, 0.2) is 5.82 Å². The van der Waals surface area contributed by atoms with Gasteiger partial charge < -0.3 is 9.84 Å². The number of aromatic nitrogens is 5. The van der Waals surface area contributed by atoms with Crippen molar-refractivity contribution in [3.63, 3.8) is 0 Å². The van der Waals surface area contributed by atoms with Crippen LogP contribution in [0.2, 0.25) is 0 Å². The molecule has 0 radical (unpaired) electrons. The molecule has 0 bridgehead atoms. The molecule has 0 unspecified atom stereocenters. The van der Waals surface area contributed by atoms with Crippen LogP contribution in [-0.2, 0) is 19.5 Å². The minimum Gasteiger partial charge on any atom is -0.334 e. The van der Waals surface area contributed by atoms with E-state index in [1.807, 2.05) is 28.9 Å². The van der Waals surface area contributed by atoms with E-state index in [-0.39, 0.29) is 0 Å². The molecule has 0 saturated carbocycles. The van der Waals surface area contributed by atoms with Gasteiger partial charge in [-0.2, -0.15) is 10.1 Å². The van der Waals surface area contributed by atoms with E-state index in [2.05, 4.69) is 32.5 Å².